The Hall–Kier alpha value is -2.19. The van der Waals surface area contributed by atoms with E-state index in [1.54, 1.807) is 0 Å². The lowest BCUT2D eigenvalue weighted by Crippen LogP contribution is -2.24. The molecule has 8 heteroatoms. The zero-order valence-electron chi connectivity index (χ0n) is 15.2. The molecule has 0 aliphatic rings. The molecule has 0 saturated heterocycles. The lowest BCUT2D eigenvalue weighted by molar-refractivity contribution is 0.571. The number of aromatic nitrogens is 3. The van der Waals surface area contributed by atoms with Crippen molar-refractivity contribution >= 4 is 37.8 Å². The molecule has 7 nitrogen and oxygen atoms in total. The summed E-state index contributed by atoms with van der Waals surface area (Å²) in [7, 11) is -3.18. The van der Waals surface area contributed by atoms with Crippen molar-refractivity contribution < 1.29 is 8.42 Å². The summed E-state index contributed by atoms with van der Waals surface area (Å²) < 4.78 is 27.3. The molecule has 140 valence electrons. The topological polar surface area (TPSA) is 103 Å². The van der Waals surface area contributed by atoms with Gasteiger partial charge >= 0.3 is 0 Å². The maximum absolute atomic E-state index is 11.3. The standard InChI is InChI=1S/C18H25N5O2S/c1-3-4-10-15-22-16-17(23(15)12-7-11-20-26(2,24)25)13-8-5-6-9-14(13)21-18(16)19/h5-6,8-9,20H,3-4,7,10-12H2,1-2H3,(H2,19,21). The van der Waals surface area contributed by atoms with Crippen LogP contribution >= 0.6 is 0 Å². The lowest BCUT2D eigenvalue weighted by atomic mass is 10.2. The van der Waals surface area contributed by atoms with Crippen LogP contribution < -0.4 is 10.5 Å². The van der Waals surface area contributed by atoms with Gasteiger partial charge in [0.05, 0.1) is 17.3 Å². The highest BCUT2D eigenvalue weighted by Crippen LogP contribution is 2.29. The van der Waals surface area contributed by atoms with Crippen LogP contribution in [0.3, 0.4) is 0 Å². The van der Waals surface area contributed by atoms with E-state index < -0.39 is 10.0 Å². The fourth-order valence-corrected chi connectivity index (χ4v) is 3.68. The minimum atomic E-state index is -3.18. The average molecular weight is 375 g/mol. The molecule has 0 unspecified atom stereocenters. The van der Waals surface area contributed by atoms with Crippen molar-refractivity contribution in [2.75, 3.05) is 18.5 Å². The molecule has 0 atom stereocenters. The third-order valence-electron chi connectivity index (χ3n) is 4.37. The van der Waals surface area contributed by atoms with Gasteiger partial charge in [-0.15, -0.1) is 0 Å². The van der Waals surface area contributed by atoms with Crippen LogP contribution in [0.4, 0.5) is 5.82 Å². The first-order valence-electron chi connectivity index (χ1n) is 8.88. The minimum Gasteiger partial charge on any atom is -0.382 e. The summed E-state index contributed by atoms with van der Waals surface area (Å²) in [6.07, 6.45) is 4.82. The number of nitrogens with two attached hydrogens (primary N) is 1. The summed E-state index contributed by atoms with van der Waals surface area (Å²) >= 11 is 0. The highest BCUT2D eigenvalue weighted by molar-refractivity contribution is 7.88. The highest BCUT2D eigenvalue weighted by Gasteiger charge is 2.16. The van der Waals surface area contributed by atoms with E-state index in [0.717, 1.165) is 47.0 Å². The van der Waals surface area contributed by atoms with E-state index >= 15 is 0 Å². The monoisotopic (exact) mass is 375 g/mol. The number of sulfonamides is 1. The van der Waals surface area contributed by atoms with E-state index in [1.807, 2.05) is 24.3 Å². The van der Waals surface area contributed by atoms with Gasteiger partial charge in [0.1, 0.15) is 11.3 Å². The van der Waals surface area contributed by atoms with Gasteiger partial charge in [0.2, 0.25) is 10.0 Å². The van der Waals surface area contributed by atoms with Crippen molar-refractivity contribution in [2.24, 2.45) is 0 Å². The molecule has 0 amide bonds. The Morgan fingerprint density at radius 3 is 2.69 bits per heavy atom. The molecule has 0 aliphatic heterocycles. The molecular weight excluding hydrogens is 350 g/mol. The van der Waals surface area contributed by atoms with E-state index in [-0.39, 0.29) is 0 Å². The second-order valence-electron chi connectivity index (χ2n) is 6.51. The van der Waals surface area contributed by atoms with Crippen molar-refractivity contribution in [3.05, 3.63) is 30.1 Å². The summed E-state index contributed by atoms with van der Waals surface area (Å²) in [5.41, 5.74) is 8.72. The fraction of sp³-hybridized carbons (Fsp3) is 0.444. The molecule has 3 rings (SSSR count). The number of anilines is 1. The number of unbranched alkanes of at least 4 members (excludes halogenated alkanes) is 1. The molecule has 0 aliphatic carbocycles. The van der Waals surface area contributed by atoms with Crippen molar-refractivity contribution in [3.63, 3.8) is 0 Å². The zero-order chi connectivity index (χ0) is 18.7. The fourth-order valence-electron chi connectivity index (χ4n) is 3.17. The summed E-state index contributed by atoms with van der Waals surface area (Å²) in [6.45, 7) is 3.21. The summed E-state index contributed by atoms with van der Waals surface area (Å²) in [5, 5.41) is 1.02. The maximum atomic E-state index is 11.3. The van der Waals surface area contributed by atoms with Gasteiger partial charge < -0.3 is 10.3 Å². The average Bonchev–Trinajstić information content (AvgIpc) is 2.95. The van der Waals surface area contributed by atoms with E-state index in [9.17, 15) is 8.42 Å². The number of hydrogen-bond donors (Lipinski definition) is 2. The van der Waals surface area contributed by atoms with Crippen LogP contribution in [-0.2, 0) is 23.0 Å². The van der Waals surface area contributed by atoms with Crippen LogP contribution in [0.15, 0.2) is 24.3 Å². The SMILES string of the molecule is CCCCc1nc2c(N)nc3ccccc3c2n1CCCNS(C)(=O)=O. The van der Waals surface area contributed by atoms with Crippen LogP contribution in [0.1, 0.15) is 32.0 Å². The van der Waals surface area contributed by atoms with Gasteiger partial charge in [0, 0.05) is 24.9 Å². The van der Waals surface area contributed by atoms with Crippen LogP contribution in [0, 0.1) is 0 Å². The first kappa shape index (κ1) is 18.6. The third-order valence-corrected chi connectivity index (χ3v) is 5.09. The van der Waals surface area contributed by atoms with Crippen molar-refractivity contribution in [3.8, 4) is 0 Å². The van der Waals surface area contributed by atoms with E-state index in [0.29, 0.717) is 25.3 Å². The Morgan fingerprint density at radius 2 is 1.96 bits per heavy atom. The summed E-state index contributed by atoms with van der Waals surface area (Å²) in [5.74, 6) is 1.41. The van der Waals surface area contributed by atoms with Crippen LogP contribution in [0.2, 0.25) is 0 Å². The predicted octanol–water partition coefficient (Wildman–Crippen LogP) is 2.45. The van der Waals surface area contributed by atoms with Gasteiger partial charge in [-0.2, -0.15) is 0 Å². The smallest absolute Gasteiger partial charge is 0.208 e. The maximum Gasteiger partial charge on any atom is 0.208 e. The molecule has 0 saturated carbocycles. The van der Waals surface area contributed by atoms with Crippen LogP contribution in [-0.4, -0.2) is 35.8 Å². The number of aryl methyl sites for hydroxylation is 2. The first-order valence-corrected chi connectivity index (χ1v) is 10.8. The number of nitrogens with zero attached hydrogens (tertiary/aromatic N) is 3. The van der Waals surface area contributed by atoms with Crippen molar-refractivity contribution in [1.29, 1.82) is 0 Å². The quantitative estimate of drug-likeness (QED) is 0.589. The van der Waals surface area contributed by atoms with Gasteiger partial charge in [-0.1, -0.05) is 31.5 Å². The van der Waals surface area contributed by atoms with Gasteiger partial charge in [-0.25, -0.2) is 23.1 Å². The van der Waals surface area contributed by atoms with Crippen molar-refractivity contribution in [2.45, 2.75) is 39.2 Å². The predicted molar refractivity (Wildman–Crippen MR) is 106 cm³/mol. The Kier molecular flexibility index (Phi) is 5.43. The Labute approximate surface area is 153 Å². The minimum absolute atomic E-state index is 0.393. The van der Waals surface area contributed by atoms with Crippen LogP contribution in [0.25, 0.3) is 21.9 Å². The molecule has 26 heavy (non-hydrogen) atoms. The number of imidazole rings is 1. The molecule has 3 aromatic rings. The largest absolute Gasteiger partial charge is 0.382 e. The molecule has 3 N–H and O–H groups in total. The summed E-state index contributed by atoms with van der Waals surface area (Å²) in [4.78, 5) is 9.24. The van der Waals surface area contributed by atoms with Crippen molar-refractivity contribution in [1.82, 2.24) is 19.3 Å². The molecule has 1 aromatic carbocycles. The molecule has 0 fully saturated rings. The molecule has 0 bridgehead atoms. The number of rotatable bonds is 8. The number of hydrogen-bond acceptors (Lipinski definition) is 5. The summed E-state index contributed by atoms with van der Waals surface area (Å²) in [6, 6.07) is 7.89. The Balaban J connectivity index is 2.04. The number of nitrogen functional groups attached to an aromatic ring is 1. The molecule has 0 spiro atoms. The molecule has 2 heterocycles. The number of benzene rings is 1. The normalized spacial score (nSPS) is 12.2. The Bertz CT molecular complexity index is 1030. The van der Waals surface area contributed by atoms with Gasteiger partial charge in [0.25, 0.3) is 0 Å². The molecule has 0 radical (unpaired) electrons. The third kappa shape index (κ3) is 3.96. The second-order valence-corrected chi connectivity index (χ2v) is 8.35. The van der Waals surface area contributed by atoms with E-state index in [1.165, 1.54) is 6.26 Å². The Morgan fingerprint density at radius 1 is 1.19 bits per heavy atom. The lowest BCUT2D eigenvalue weighted by Gasteiger charge is -2.11. The number of pyridine rings is 1. The van der Waals surface area contributed by atoms with E-state index in [2.05, 4.69) is 21.2 Å². The zero-order valence-corrected chi connectivity index (χ0v) is 16.0. The highest BCUT2D eigenvalue weighted by atomic mass is 32.2. The van der Waals surface area contributed by atoms with Crippen LogP contribution in [0.5, 0.6) is 0 Å². The molecule has 2 aromatic heterocycles. The number of para-hydroxylation sites is 1. The van der Waals surface area contributed by atoms with Gasteiger partial charge in [-0.05, 0) is 18.9 Å². The van der Waals surface area contributed by atoms with Gasteiger partial charge in [-0.3, -0.25) is 0 Å². The number of fused-ring (bicyclic) bond motifs is 3. The second kappa shape index (κ2) is 7.59. The molecular formula is C18H25N5O2S. The van der Waals surface area contributed by atoms with Gasteiger partial charge in [0.15, 0.2) is 5.82 Å². The first-order chi connectivity index (χ1) is 12.4. The number of nitrogens with one attached hydrogen (secondary N) is 1. The van der Waals surface area contributed by atoms with E-state index in [4.69, 9.17) is 10.7 Å².